The van der Waals surface area contributed by atoms with E-state index >= 15 is 0 Å². The Morgan fingerprint density at radius 3 is 2.30 bits per heavy atom. The summed E-state index contributed by atoms with van der Waals surface area (Å²) in [5, 5.41) is 10.00. The van der Waals surface area contributed by atoms with Crippen LogP contribution in [0.25, 0.3) is 11.1 Å². The fourth-order valence-electron chi connectivity index (χ4n) is 3.98. The maximum absolute atomic E-state index is 12.9. The molecule has 1 saturated carbocycles. The molecule has 156 valence electrons. The van der Waals surface area contributed by atoms with Crippen LogP contribution >= 0.6 is 0 Å². The number of rotatable bonds is 3. The summed E-state index contributed by atoms with van der Waals surface area (Å²) in [5.74, 6) is 0.461. The van der Waals surface area contributed by atoms with Crippen molar-refractivity contribution in [1.29, 1.82) is 0 Å². The quantitative estimate of drug-likeness (QED) is 0.700. The summed E-state index contributed by atoms with van der Waals surface area (Å²) in [6.45, 7) is 1.85. The molecule has 5 rings (SSSR count). The molecular weight excluding hydrogens is 384 g/mol. The standard InChI is InChI=1S/C22H24N4O4/c23-19-17-6-5-16(13-18(17)30-24-19)14-1-3-15(4-2-14)20(27)25-9-11-26(12-10-25)21(28)22(29)7-8-22/h1-6,13,19,24,29H,7-12,23H2. The van der Waals surface area contributed by atoms with Crippen LogP contribution in [0.15, 0.2) is 42.5 Å². The summed E-state index contributed by atoms with van der Waals surface area (Å²) < 4.78 is 0. The molecule has 2 fully saturated rings. The zero-order valence-corrected chi connectivity index (χ0v) is 16.5. The van der Waals surface area contributed by atoms with Crippen LogP contribution in [0.5, 0.6) is 5.75 Å². The minimum atomic E-state index is -1.15. The molecule has 3 aliphatic rings. The number of hydroxylamine groups is 1. The Hall–Kier alpha value is -2.94. The van der Waals surface area contributed by atoms with E-state index < -0.39 is 5.60 Å². The molecule has 1 unspecified atom stereocenters. The second kappa shape index (κ2) is 7.09. The van der Waals surface area contributed by atoms with Gasteiger partial charge in [0.05, 0.1) is 0 Å². The molecule has 0 aromatic heterocycles. The van der Waals surface area contributed by atoms with E-state index in [9.17, 15) is 14.7 Å². The van der Waals surface area contributed by atoms with E-state index in [1.54, 1.807) is 9.80 Å². The zero-order chi connectivity index (χ0) is 20.9. The molecule has 1 aliphatic carbocycles. The Morgan fingerprint density at radius 1 is 1.00 bits per heavy atom. The monoisotopic (exact) mass is 408 g/mol. The van der Waals surface area contributed by atoms with Gasteiger partial charge in [-0.15, -0.1) is 5.48 Å². The van der Waals surface area contributed by atoms with Crippen LogP contribution in [0.3, 0.4) is 0 Å². The highest BCUT2D eigenvalue weighted by atomic mass is 16.7. The minimum absolute atomic E-state index is 0.0498. The molecule has 2 aromatic rings. The number of piperazine rings is 1. The van der Waals surface area contributed by atoms with E-state index in [1.165, 1.54) is 0 Å². The van der Waals surface area contributed by atoms with Crippen molar-refractivity contribution in [3.05, 3.63) is 53.6 Å². The molecule has 8 nitrogen and oxygen atoms in total. The maximum atomic E-state index is 12.9. The van der Waals surface area contributed by atoms with Gasteiger partial charge in [0.1, 0.15) is 11.8 Å². The van der Waals surface area contributed by atoms with Gasteiger partial charge in [0.15, 0.2) is 5.75 Å². The molecule has 2 aliphatic heterocycles. The van der Waals surface area contributed by atoms with E-state index in [4.69, 9.17) is 10.6 Å². The van der Waals surface area contributed by atoms with Crippen LogP contribution in [0.4, 0.5) is 0 Å². The highest BCUT2D eigenvalue weighted by molar-refractivity contribution is 5.95. The molecule has 4 N–H and O–H groups in total. The Bertz CT molecular complexity index is 995. The van der Waals surface area contributed by atoms with E-state index in [1.807, 2.05) is 42.5 Å². The summed E-state index contributed by atoms with van der Waals surface area (Å²) in [6.07, 6.45) is 0.755. The second-order valence-electron chi connectivity index (χ2n) is 8.14. The smallest absolute Gasteiger partial charge is 0.254 e. The average molecular weight is 408 g/mol. The first-order chi connectivity index (χ1) is 14.4. The summed E-state index contributed by atoms with van der Waals surface area (Å²) in [6, 6.07) is 13.3. The van der Waals surface area contributed by atoms with Crippen LogP contribution < -0.4 is 16.1 Å². The minimum Gasteiger partial charge on any atom is -0.406 e. The van der Waals surface area contributed by atoms with Crippen molar-refractivity contribution in [2.75, 3.05) is 26.2 Å². The van der Waals surface area contributed by atoms with Crippen molar-refractivity contribution in [3.8, 4) is 16.9 Å². The molecule has 2 aromatic carbocycles. The SMILES string of the molecule is NC1NOc2cc(-c3ccc(C(=O)N4CCN(C(=O)C5(O)CC5)CC4)cc3)ccc21. The number of nitrogens with zero attached hydrogens (tertiary/aromatic N) is 2. The fourth-order valence-corrected chi connectivity index (χ4v) is 3.98. The summed E-state index contributed by atoms with van der Waals surface area (Å²) in [4.78, 5) is 33.9. The van der Waals surface area contributed by atoms with Crippen molar-refractivity contribution in [2.24, 2.45) is 5.73 Å². The van der Waals surface area contributed by atoms with Gasteiger partial charge >= 0.3 is 0 Å². The molecule has 2 heterocycles. The first-order valence-electron chi connectivity index (χ1n) is 10.2. The molecule has 0 spiro atoms. The van der Waals surface area contributed by atoms with Gasteiger partial charge in [-0.25, -0.2) is 0 Å². The van der Waals surface area contributed by atoms with Gasteiger partial charge in [-0.05, 0) is 42.2 Å². The van der Waals surface area contributed by atoms with Crippen molar-refractivity contribution in [1.82, 2.24) is 15.3 Å². The molecule has 0 radical (unpaired) electrons. The lowest BCUT2D eigenvalue weighted by Crippen LogP contribution is -2.53. The number of hydrogen-bond acceptors (Lipinski definition) is 6. The number of fused-ring (bicyclic) bond motifs is 1. The highest BCUT2D eigenvalue weighted by Gasteiger charge is 2.50. The predicted octanol–water partition coefficient (Wildman–Crippen LogP) is 1.02. The molecule has 0 bridgehead atoms. The van der Waals surface area contributed by atoms with Gasteiger partial charge in [0, 0.05) is 37.3 Å². The number of nitrogens with two attached hydrogens (primary N) is 1. The van der Waals surface area contributed by atoms with Crippen LogP contribution in [0.1, 0.15) is 34.9 Å². The molecule has 1 atom stereocenters. The lowest BCUT2D eigenvalue weighted by atomic mass is 10.0. The number of benzene rings is 2. The number of carbonyl (C=O) groups is 2. The predicted molar refractivity (Wildman–Crippen MR) is 109 cm³/mol. The second-order valence-corrected chi connectivity index (χ2v) is 8.14. The molecule has 2 amide bonds. The van der Waals surface area contributed by atoms with E-state index in [-0.39, 0.29) is 18.0 Å². The van der Waals surface area contributed by atoms with Crippen LogP contribution in [0, 0.1) is 0 Å². The number of hydrogen-bond donors (Lipinski definition) is 3. The van der Waals surface area contributed by atoms with Crippen LogP contribution in [0.2, 0.25) is 0 Å². The van der Waals surface area contributed by atoms with Crippen molar-refractivity contribution < 1.29 is 19.5 Å². The lowest BCUT2D eigenvalue weighted by molar-refractivity contribution is -0.143. The summed E-state index contributed by atoms with van der Waals surface area (Å²) in [7, 11) is 0. The van der Waals surface area contributed by atoms with Crippen LogP contribution in [-0.4, -0.2) is 58.5 Å². The number of aliphatic hydroxyl groups is 1. The number of nitrogens with one attached hydrogen (secondary N) is 1. The average Bonchev–Trinajstić information content (AvgIpc) is 3.44. The largest absolute Gasteiger partial charge is 0.406 e. The van der Waals surface area contributed by atoms with Crippen molar-refractivity contribution in [3.63, 3.8) is 0 Å². The van der Waals surface area contributed by atoms with Gasteiger partial charge in [-0.3, -0.25) is 9.59 Å². The van der Waals surface area contributed by atoms with Crippen molar-refractivity contribution in [2.45, 2.75) is 24.6 Å². The van der Waals surface area contributed by atoms with E-state index in [2.05, 4.69) is 5.48 Å². The molecule has 30 heavy (non-hydrogen) atoms. The Morgan fingerprint density at radius 2 is 1.63 bits per heavy atom. The highest BCUT2D eigenvalue weighted by Crippen LogP contribution is 2.37. The Labute approximate surface area is 174 Å². The van der Waals surface area contributed by atoms with Crippen LogP contribution in [-0.2, 0) is 4.79 Å². The fraction of sp³-hybridized carbons (Fsp3) is 0.364. The molecular formula is C22H24N4O4. The topological polar surface area (TPSA) is 108 Å². The molecule has 8 heteroatoms. The van der Waals surface area contributed by atoms with Gasteiger partial charge in [0.2, 0.25) is 0 Å². The third kappa shape index (κ3) is 3.32. The van der Waals surface area contributed by atoms with Gasteiger partial charge in [-0.1, -0.05) is 24.3 Å². The van der Waals surface area contributed by atoms with Gasteiger partial charge in [0.25, 0.3) is 11.8 Å². The third-order valence-electron chi connectivity index (χ3n) is 6.09. The summed E-state index contributed by atoms with van der Waals surface area (Å²) >= 11 is 0. The zero-order valence-electron chi connectivity index (χ0n) is 16.5. The maximum Gasteiger partial charge on any atom is 0.254 e. The first-order valence-corrected chi connectivity index (χ1v) is 10.2. The Balaban J connectivity index is 1.24. The number of amides is 2. The Kier molecular flexibility index (Phi) is 4.50. The van der Waals surface area contributed by atoms with E-state index in [0.29, 0.717) is 50.3 Å². The number of carbonyl (C=O) groups excluding carboxylic acids is 2. The molecule has 1 saturated heterocycles. The van der Waals surface area contributed by atoms with Gasteiger partial charge < -0.3 is 25.5 Å². The van der Waals surface area contributed by atoms with E-state index in [0.717, 1.165) is 16.7 Å². The van der Waals surface area contributed by atoms with Crippen molar-refractivity contribution >= 4 is 11.8 Å². The normalized spacial score (nSPS) is 21.7. The first kappa shape index (κ1) is 19.0. The third-order valence-corrected chi connectivity index (χ3v) is 6.09. The van der Waals surface area contributed by atoms with Gasteiger partial charge in [-0.2, -0.15) is 0 Å². The lowest BCUT2D eigenvalue weighted by Gasteiger charge is -2.35. The summed E-state index contributed by atoms with van der Waals surface area (Å²) in [5.41, 5.74) is 11.0.